The van der Waals surface area contributed by atoms with Crippen LogP contribution < -0.4 is 10.6 Å². The third-order valence-electron chi connectivity index (χ3n) is 4.33. The fraction of sp³-hybridized carbons (Fsp3) is 0.263. The molecule has 0 radical (unpaired) electrons. The normalized spacial score (nSPS) is 18.8. The van der Waals surface area contributed by atoms with E-state index in [2.05, 4.69) is 26.6 Å². The van der Waals surface area contributed by atoms with E-state index in [4.69, 9.17) is 0 Å². The SMILES string of the molecule is Cc1cccc(C)c1NC(=O)C1CC1C(=O)Nc1ccccc1Br. The van der Waals surface area contributed by atoms with E-state index >= 15 is 0 Å². The van der Waals surface area contributed by atoms with E-state index in [9.17, 15) is 9.59 Å². The Morgan fingerprint density at radius 3 is 2.12 bits per heavy atom. The van der Waals surface area contributed by atoms with Gasteiger partial charge in [-0.15, -0.1) is 0 Å². The molecule has 2 aromatic carbocycles. The van der Waals surface area contributed by atoms with Gasteiger partial charge >= 0.3 is 0 Å². The predicted molar refractivity (Wildman–Crippen MR) is 98.9 cm³/mol. The summed E-state index contributed by atoms with van der Waals surface area (Å²) >= 11 is 3.40. The average molecular weight is 387 g/mol. The van der Waals surface area contributed by atoms with E-state index in [-0.39, 0.29) is 23.7 Å². The molecule has 2 N–H and O–H groups in total. The van der Waals surface area contributed by atoms with Gasteiger partial charge in [-0.1, -0.05) is 30.3 Å². The van der Waals surface area contributed by atoms with Gasteiger partial charge in [-0.25, -0.2) is 0 Å². The number of anilines is 2. The highest BCUT2D eigenvalue weighted by atomic mass is 79.9. The molecule has 3 rings (SSSR count). The van der Waals surface area contributed by atoms with Gasteiger partial charge in [0.25, 0.3) is 0 Å². The fourth-order valence-electron chi connectivity index (χ4n) is 2.79. The van der Waals surface area contributed by atoms with Gasteiger partial charge in [-0.05, 0) is 59.5 Å². The highest BCUT2D eigenvalue weighted by Gasteiger charge is 2.48. The maximum absolute atomic E-state index is 12.4. The molecule has 0 heterocycles. The molecule has 0 bridgehead atoms. The molecule has 2 aromatic rings. The number of amides is 2. The average Bonchev–Trinajstić information content (AvgIpc) is 3.34. The zero-order chi connectivity index (χ0) is 17.3. The Balaban J connectivity index is 1.61. The van der Waals surface area contributed by atoms with Gasteiger partial charge in [0.1, 0.15) is 0 Å². The third-order valence-corrected chi connectivity index (χ3v) is 5.02. The molecule has 0 spiro atoms. The maximum Gasteiger partial charge on any atom is 0.228 e. The number of benzene rings is 2. The molecular weight excluding hydrogens is 368 g/mol. The Bertz CT molecular complexity index is 783. The fourth-order valence-corrected chi connectivity index (χ4v) is 3.17. The first-order chi connectivity index (χ1) is 11.5. The Morgan fingerprint density at radius 2 is 1.50 bits per heavy atom. The van der Waals surface area contributed by atoms with Crippen LogP contribution in [0.25, 0.3) is 0 Å². The third kappa shape index (κ3) is 3.51. The van der Waals surface area contributed by atoms with Crippen molar-refractivity contribution in [1.82, 2.24) is 0 Å². The number of rotatable bonds is 4. The Kier molecular flexibility index (Phi) is 4.71. The zero-order valence-electron chi connectivity index (χ0n) is 13.6. The predicted octanol–water partition coefficient (Wildman–Crippen LogP) is 4.28. The largest absolute Gasteiger partial charge is 0.325 e. The van der Waals surface area contributed by atoms with Crippen molar-refractivity contribution >= 4 is 39.1 Å². The van der Waals surface area contributed by atoms with Crippen molar-refractivity contribution in [3.63, 3.8) is 0 Å². The van der Waals surface area contributed by atoms with Crippen LogP contribution >= 0.6 is 15.9 Å². The van der Waals surface area contributed by atoms with Crippen LogP contribution in [0.2, 0.25) is 0 Å². The lowest BCUT2D eigenvalue weighted by molar-refractivity contribution is -0.122. The van der Waals surface area contributed by atoms with E-state index < -0.39 is 0 Å². The second-order valence-electron chi connectivity index (χ2n) is 6.17. The van der Waals surface area contributed by atoms with Gasteiger partial charge in [-0.2, -0.15) is 0 Å². The lowest BCUT2D eigenvalue weighted by Gasteiger charge is -2.11. The van der Waals surface area contributed by atoms with Crippen molar-refractivity contribution in [2.24, 2.45) is 11.8 Å². The van der Waals surface area contributed by atoms with Gasteiger partial charge in [0.05, 0.1) is 17.5 Å². The van der Waals surface area contributed by atoms with Gasteiger partial charge in [-0.3, -0.25) is 9.59 Å². The van der Waals surface area contributed by atoms with Crippen LogP contribution in [-0.4, -0.2) is 11.8 Å². The van der Waals surface area contributed by atoms with E-state index in [0.717, 1.165) is 27.0 Å². The summed E-state index contributed by atoms with van der Waals surface area (Å²) < 4.78 is 0.829. The molecule has 5 heteroatoms. The molecule has 0 aliphatic heterocycles. The van der Waals surface area contributed by atoms with Gasteiger partial charge in [0.15, 0.2) is 0 Å². The second kappa shape index (κ2) is 6.77. The smallest absolute Gasteiger partial charge is 0.228 e. The number of nitrogens with one attached hydrogen (secondary N) is 2. The summed E-state index contributed by atoms with van der Waals surface area (Å²) in [6, 6.07) is 13.3. The number of carbonyl (C=O) groups is 2. The zero-order valence-corrected chi connectivity index (χ0v) is 15.2. The number of aryl methyl sites for hydroxylation is 2. The Labute approximate surface area is 149 Å². The topological polar surface area (TPSA) is 58.2 Å². The molecule has 1 aliphatic rings. The van der Waals surface area contributed by atoms with Crippen LogP contribution in [0.5, 0.6) is 0 Å². The molecule has 4 nitrogen and oxygen atoms in total. The van der Waals surface area contributed by atoms with E-state index in [1.54, 1.807) is 0 Å². The summed E-state index contributed by atoms with van der Waals surface area (Å²) in [5.74, 6) is -0.712. The van der Waals surface area contributed by atoms with Gasteiger partial charge in [0, 0.05) is 10.2 Å². The lowest BCUT2D eigenvalue weighted by atomic mass is 10.1. The lowest BCUT2D eigenvalue weighted by Crippen LogP contribution is -2.21. The van der Waals surface area contributed by atoms with Crippen molar-refractivity contribution in [2.45, 2.75) is 20.3 Å². The van der Waals surface area contributed by atoms with E-state index in [1.165, 1.54) is 0 Å². The van der Waals surface area contributed by atoms with E-state index in [0.29, 0.717) is 6.42 Å². The summed E-state index contributed by atoms with van der Waals surface area (Å²) in [7, 11) is 0. The van der Waals surface area contributed by atoms with Crippen molar-refractivity contribution in [1.29, 1.82) is 0 Å². The molecule has 1 aliphatic carbocycles. The summed E-state index contributed by atoms with van der Waals surface area (Å²) in [5.41, 5.74) is 3.62. The maximum atomic E-state index is 12.4. The molecule has 0 saturated heterocycles. The van der Waals surface area contributed by atoms with Crippen molar-refractivity contribution < 1.29 is 9.59 Å². The standard InChI is InChI=1S/C19H19BrN2O2/c1-11-6-5-7-12(2)17(11)22-19(24)14-10-13(14)18(23)21-16-9-4-3-8-15(16)20/h3-9,13-14H,10H2,1-2H3,(H,21,23)(H,22,24). The highest BCUT2D eigenvalue weighted by Crippen LogP contribution is 2.41. The minimum Gasteiger partial charge on any atom is -0.325 e. The monoisotopic (exact) mass is 386 g/mol. The molecule has 1 saturated carbocycles. The van der Waals surface area contributed by atoms with Crippen LogP contribution in [-0.2, 0) is 9.59 Å². The summed E-state index contributed by atoms with van der Waals surface area (Å²) in [5, 5.41) is 5.85. The first-order valence-corrected chi connectivity index (χ1v) is 8.69. The molecular formula is C19H19BrN2O2. The van der Waals surface area contributed by atoms with Crippen molar-refractivity contribution in [3.05, 3.63) is 58.1 Å². The van der Waals surface area contributed by atoms with Gasteiger partial charge in [0.2, 0.25) is 11.8 Å². The quantitative estimate of drug-likeness (QED) is 0.823. The van der Waals surface area contributed by atoms with Gasteiger partial charge < -0.3 is 10.6 Å². The van der Waals surface area contributed by atoms with Crippen LogP contribution in [0.1, 0.15) is 17.5 Å². The van der Waals surface area contributed by atoms with Crippen molar-refractivity contribution in [3.8, 4) is 0 Å². The number of hydrogen-bond donors (Lipinski definition) is 2. The molecule has 2 amide bonds. The highest BCUT2D eigenvalue weighted by molar-refractivity contribution is 9.10. The molecule has 1 fully saturated rings. The summed E-state index contributed by atoms with van der Waals surface area (Å²) in [6.45, 7) is 3.93. The summed E-state index contributed by atoms with van der Waals surface area (Å²) in [4.78, 5) is 24.7. The second-order valence-corrected chi connectivity index (χ2v) is 7.03. The Morgan fingerprint density at radius 1 is 0.917 bits per heavy atom. The first kappa shape index (κ1) is 16.7. The number of para-hydroxylation sites is 2. The molecule has 24 heavy (non-hydrogen) atoms. The van der Waals surface area contributed by atoms with Crippen LogP contribution in [0.4, 0.5) is 11.4 Å². The first-order valence-electron chi connectivity index (χ1n) is 7.90. The minimum absolute atomic E-state index is 0.0836. The van der Waals surface area contributed by atoms with E-state index in [1.807, 2.05) is 56.3 Å². The van der Waals surface area contributed by atoms with Crippen LogP contribution in [0, 0.1) is 25.7 Å². The molecule has 0 aromatic heterocycles. The molecule has 2 atom stereocenters. The number of halogens is 1. The van der Waals surface area contributed by atoms with Crippen molar-refractivity contribution in [2.75, 3.05) is 10.6 Å². The number of carbonyl (C=O) groups excluding carboxylic acids is 2. The summed E-state index contributed by atoms with van der Waals surface area (Å²) in [6.07, 6.45) is 0.590. The Hall–Kier alpha value is -2.14. The minimum atomic E-state index is -0.263. The van der Waals surface area contributed by atoms with Crippen LogP contribution in [0.3, 0.4) is 0 Å². The molecule has 2 unspecified atom stereocenters. The number of hydrogen-bond acceptors (Lipinski definition) is 2. The molecule has 124 valence electrons. The van der Waals surface area contributed by atoms with Crippen LogP contribution in [0.15, 0.2) is 46.9 Å².